The third kappa shape index (κ3) is 5.46. The van der Waals surface area contributed by atoms with Crippen molar-refractivity contribution in [2.75, 3.05) is 36.1 Å². The normalized spacial score (nSPS) is 19.5. The molecule has 2 aliphatic rings. The van der Waals surface area contributed by atoms with Gasteiger partial charge in [0.2, 0.25) is 12.3 Å². The minimum atomic E-state index is -1.41. The molecule has 1 saturated heterocycles. The molecule has 0 spiro atoms. The molecule has 0 bridgehead atoms. The lowest BCUT2D eigenvalue weighted by Gasteiger charge is -2.38. The lowest BCUT2D eigenvalue weighted by molar-refractivity contribution is -0.144. The highest BCUT2D eigenvalue weighted by atomic mass is 19.1. The molecule has 2 unspecified atom stereocenters. The molecule has 1 aromatic carbocycles. The SMILES string of the molecule is CCC(CC)(C(=O)O)N(C=O)c1ccc(N2CC(F)C2)c(OCC2CC2COCc2ccccc2)n1. The van der Waals surface area contributed by atoms with E-state index in [1.165, 1.54) is 0 Å². The Bertz CT molecular complexity index is 1040. The highest BCUT2D eigenvalue weighted by Gasteiger charge is 2.43. The Morgan fingerprint density at radius 2 is 1.86 bits per heavy atom. The Hall–Kier alpha value is -3.20. The topological polar surface area (TPSA) is 92.2 Å². The summed E-state index contributed by atoms with van der Waals surface area (Å²) in [6.45, 7) is 5.59. The first kappa shape index (κ1) is 25.9. The van der Waals surface area contributed by atoms with Gasteiger partial charge in [0.15, 0.2) is 0 Å². The summed E-state index contributed by atoms with van der Waals surface area (Å²) in [5, 5.41) is 9.91. The van der Waals surface area contributed by atoms with Gasteiger partial charge in [-0.1, -0.05) is 44.2 Å². The number of halogens is 1. The van der Waals surface area contributed by atoms with E-state index < -0.39 is 17.7 Å². The van der Waals surface area contributed by atoms with Crippen LogP contribution in [0.2, 0.25) is 0 Å². The monoisotopic (exact) mass is 499 g/mol. The Morgan fingerprint density at radius 3 is 2.47 bits per heavy atom. The first-order chi connectivity index (χ1) is 17.4. The smallest absolute Gasteiger partial charge is 0.330 e. The number of carbonyl (C=O) groups excluding carboxylic acids is 1. The zero-order valence-electron chi connectivity index (χ0n) is 20.8. The van der Waals surface area contributed by atoms with Crippen LogP contribution in [0.4, 0.5) is 15.9 Å². The molecular weight excluding hydrogens is 465 g/mol. The first-order valence-electron chi connectivity index (χ1n) is 12.5. The van der Waals surface area contributed by atoms with Crippen molar-refractivity contribution in [3.63, 3.8) is 0 Å². The van der Waals surface area contributed by atoms with Gasteiger partial charge in [0.1, 0.15) is 23.2 Å². The maximum absolute atomic E-state index is 13.6. The molecule has 1 saturated carbocycles. The van der Waals surface area contributed by atoms with Crippen molar-refractivity contribution < 1.29 is 28.6 Å². The summed E-state index contributed by atoms with van der Waals surface area (Å²) in [5.41, 5.74) is 0.366. The predicted octanol–water partition coefficient (Wildman–Crippen LogP) is 4.08. The third-order valence-corrected chi connectivity index (χ3v) is 7.33. The fourth-order valence-electron chi connectivity index (χ4n) is 4.70. The zero-order valence-corrected chi connectivity index (χ0v) is 20.8. The molecule has 2 atom stereocenters. The van der Waals surface area contributed by atoms with Crippen molar-refractivity contribution >= 4 is 23.9 Å². The second kappa shape index (κ2) is 11.2. The van der Waals surface area contributed by atoms with E-state index in [4.69, 9.17) is 9.47 Å². The Labute approximate surface area is 211 Å². The van der Waals surface area contributed by atoms with E-state index in [9.17, 15) is 19.1 Å². The van der Waals surface area contributed by atoms with Crippen LogP contribution in [0.25, 0.3) is 0 Å². The van der Waals surface area contributed by atoms with Crippen LogP contribution < -0.4 is 14.5 Å². The van der Waals surface area contributed by atoms with Gasteiger partial charge in [-0.15, -0.1) is 0 Å². The van der Waals surface area contributed by atoms with Crippen LogP contribution in [0.15, 0.2) is 42.5 Å². The summed E-state index contributed by atoms with van der Waals surface area (Å²) in [6.07, 6.45) is 1.03. The number of nitrogens with zero attached hydrogens (tertiary/aromatic N) is 3. The van der Waals surface area contributed by atoms with Gasteiger partial charge < -0.3 is 19.5 Å². The number of carboxylic acids is 1. The molecule has 1 amide bonds. The Morgan fingerprint density at radius 1 is 1.17 bits per heavy atom. The van der Waals surface area contributed by atoms with E-state index in [2.05, 4.69) is 4.98 Å². The van der Waals surface area contributed by atoms with Gasteiger partial charge in [-0.25, -0.2) is 9.18 Å². The van der Waals surface area contributed by atoms with Gasteiger partial charge in [0, 0.05) is 0 Å². The number of alkyl halides is 1. The van der Waals surface area contributed by atoms with Gasteiger partial charge in [-0.3, -0.25) is 9.69 Å². The summed E-state index contributed by atoms with van der Waals surface area (Å²) >= 11 is 0. The van der Waals surface area contributed by atoms with Crippen LogP contribution in [0, 0.1) is 11.8 Å². The Balaban J connectivity index is 1.44. The maximum Gasteiger partial charge on any atom is 0.330 e. The number of anilines is 2. The third-order valence-electron chi connectivity index (χ3n) is 7.33. The van der Waals surface area contributed by atoms with Crippen molar-refractivity contribution in [2.24, 2.45) is 11.8 Å². The van der Waals surface area contributed by atoms with Crippen LogP contribution in [0.5, 0.6) is 5.88 Å². The number of amides is 1. The quantitative estimate of drug-likeness (QED) is 0.392. The lowest BCUT2D eigenvalue weighted by Crippen LogP contribution is -2.54. The van der Waals surface area contributed by atoms with Crippen LogP contribution in [0.1, 0.15) is 38.7 Å². The standard InChI is InChI=1S/C27H34FN3O5/c1-3-27(4-2,26(33)34)31(18-32)24-11-10-23(30-13-22(28)14-30)25(29-24)36-17-21-12-20(21)16-35-15-19-8-6-5-7-9-19/h5-11,18,20-22H,3-4,12-17H2,1-2H3,(H,33,34). The molecule has 2 fully saturated rings. The number of hydrogen-bond donors (Lipinski definition) is 1. The number of pyridine rings is 1. The molecule has 0 radical (unpaired) electrons. The van der Waals surface area contributed by atoms with Gasteiger partial charge in [0.05, 0.1) is 32.9 Å². The molecule has 2 heterocycles. The molecule has 2 aromatic rings. The van der Waals surface area contributed by atoms with E-state index in [0.29, 0.717) is 43.8 Å². The highest BCUT2D eigenvalue weighted by molar-refractivity contribution is 5.91. The van der Waals surface area contributed by atoms with Crippen LogP contribution >= 0.6 is 0 Å². The van der Waals surface area contributed by atoms with E-state index in [1.54, 1.807) is 26.0 Å². The second-order valence-electron chi connectivity index (χ2n) is 9.58. The fourth-order valence-corrected chi connectivity index (χ4v) is 4.70. The van der Waals surface area contributed by atoms with Gasteiger partial charge in [0.25, 0.3) is 0 Å². The summed E-state index contributed by atoms with van der Waals surface area (Å²) in [7, 11) is 0. The molecule has 1 N–H and O–H groups in total. The second-order valence-corrected chi connectivity index (χ2v) is 9.58. The van der Waals surface area contributed by atoms with Crippen molar-refractivity contribution in [1.82, 2.24) is 4.98 Å². The molecule has 1 aliphatic carbocycles. The van der Waals surface area contributed by atoms with Crippen molar-refractivity contribution in [3.05, 3.63) is 48.0 Å². The van der Waals surface area contributed by atoms with Gasteiger partial charge in [-0.2, -0.15) is 4.98 Å². The Kier molecular flexibility index (Phi) is 8.08. The number of carboxylic acid groups (broad SMARTS) is 1. The van der Waals surface area contributed by atoms with Gasteiger partial charge >= 0.3 is 5.97 Å². The molecule has 4 rings (SSSR count). The molecular formula is C27H34FN3O5. The highest BCUT2D eigenvalue weighted by Crippen LogP contribution is 2.41. The molecule has 8 nitrogen and oxygen atoms in total. The molecule has 1 aliphatic heterocycles. The van der Waals surface area contributed by atoms with E-state index in [-0.39, 0.29) is 37.6 Å². The summed E-state index contributed by atoms with van der Waals surface area (Å²) in [5.74, 6) is 0.105. The molecule has 9 heteroatoms. The summed E-state index contributed by atoms with van der Waals surface area (Å²) in [4.78, 5) is 31.7. The van der Waals surface area contributed by atoms with Crippen molar-refractivity contribution in [2.45, 2.75) is 51.4 Å². The lowest BCUT2D eigenvalue weighted by atomic mass is 9.91. The molecule has 1 aromatic heterocycles. The number of ether oxygens (including phenoxy) is 2. The number of benzene rings is 1. The molecule has 194 valence electrons. The predicted molar refractivity (Wildman–Crippen MR) is 134 cm³/mol. The number of aliphatic carboxylic acids is 1. The van der Waals surface area contributed by atoms with Crippen molar-refractivity contribution in [1.29, 1.82) is 0 Å². The number of carbonyl (C=O) groups is 2. The zero-order chi connectivity index (χ0) is 25.7. The molecule has 36 heavy (non-hydrogen) atoms. The maximum atomic E-state index is 13.6. The first-order valence-corrected chi connectivity index (χ1v) is 12.5. The van der Waals surface area contributed by atoms with Gasteiger partial charge in [-0.05, 0) is 48.8 Å². The summed E-state index contributed by atoms with van der Waals surface area (Å²) < 4.78 is 25.5. The van der Waals surface area contributed by atoms with Crippen LogP contribution in [-0.4, -0.2) is 60.5 Å². The van der Waals surface area contributed by atoms with E-state index in [1.807, 2.05) is 35.2 Å². The number of aromatic nitrogens is 1. The number of rotatable bonds is 14. The average Bonchev–Trinajstić information content (AvgIpc) is 3.62. The summed E-state index contributed by atoms with van der Waals surface area (Å²) in [6, 6.07) is 13.3. The van der Waals surface area contributed by atoms with Crippen LogP contribution in [0.3, 0.4) is 0 Å². The fraction of sp³-hybridized carbons (Fsp3) is 0.519. The minimum absolute atomic E-state index is 0.200. The van der Waals surface area contributed by atoms with Crippen LogP contribution in [-0.2, 0) is 20.9 Å². The number of hydrogen-bond acceptors (Lipinski definition) is 6. The van der Waals surface area contributed by atoms with E-state index >= 15 is 0 Å². The largest absolute Gasteiger partial charge is 0.479 e. The minimum Gasteiger partial charge on any atom is -0.479 e. The van der Waals surface area contributed by atoms with E-state index in [0.717, 1.165) is 16.9 Å². The van der Waals surface area contributed by atoms with Crippen molar-refractivity contribution in [3.8, 4) is 5.88 Å². The average molecular weight is 500 g/mol.